The average molecular weight is 277 g/mol. The van der Waals surface area contributed by atoms with Crippen molar-refractivity contribution in [3.05, 3.63) is 40.2 Å². The van der Waals surface area contributed by atoms with Crippen LogP contribution in [0.25, 0.3) is 0 Å². The van der Waals surface area contributed by atoms with Crippen molar-refractivity contribution in [3.63, 3.8) is 0 Å². The van der Waals surface area contributed by atoms with Crippen LogP contribution < -0.4 is 16.6 Å². The van der Waals surface area contributed by atoms with Crippen LogP contribution in [0.4, 0.5) is 17.3 Å². The number of hydrogen-bond acceptors (Lipinski definition) is 7. The Kier molecular flexibility index (Phi) is 3.57. The number of hydrogen-bond donors (Lipinski definition) is 3. The molecule has 0 spiro atoms. The third kappa shape index (κ3) is 2.40. The Morgan fingerprint density at radius 1 is 1.50 bits per heavy atom. The van der Waals surface area contributed by atoms with E-state index in [-0.39, 0.29) is 22.9 Å². The zero-order valence-electron chi connectivity index (χ0n) is 10.4. The number of aryl methyl sites for hydroxylation is 1. The number of aromatic nitrogens is 3. The van der Waals surface area contributed by atoms with Gasteiger partial charge in [-0.25, -0.2) is 4.68 Å². The van der Waals surface area contributed by atoms with Crippen LogP contribution in [0.2, 0.25) is 0 Å². The molecule has 2 aromatic rings. The van der Waals surface area contributed by atoms with Gasteiger partial charge in [-0.15, -0.1) is 0 Å². The molecule has 104 valence electrons. The minimum atomic E-state index is -0.631. The summed E-state index contributed by atoms with van der Waals surface area (Å²) < 4.78 is 1.35. The number of amides is 1. The van der Waals surface area contributed by atoms with Crippen LogP contribution in [-0.2, 0) is 7.05 Å². The highest BCUT2D eigenvalue weighted by atomic mass is 16.6. The number of carbonyl (C=O) groups is 1. The summed E-state index contributed by atoms with van der Waals surface area (Å²) in [7, 11) is 1.60. The Bertz CT molecular complexity index is 667. The summed E-state index contributed by atoms with van der Waals surface area (Å²) in [5, 5.41) is 17.2. The van der Waals surface area contributed by atoms with E-state index in [0.29, 0.717) is 0 Å². The van der Waals surface area contributed by atoms with Gasteiger partial charge < -0.3 is 5.43 Å². The molecule has 4 N–H and O–H groups in total. The van der Waals surface area contributed by atoms with Gasteiger partial charge in [-0.2, -0.15) is 10.1 Å². The average Bonchev–Trinajstić information content (AvgIpc) is 2.83. The maximum absolute atomic E-state index is 12.1. The lowest BCUT2D eigenvalue weighted by Gasteiger charge is -2.09. The Morgan fingerprint density at radius 3 is 2.80 bits per heavy atom. The summed E-state index contributed by atoms with van der Waals surface area (Å²) in [5.41, 5.74) is 1.84. The Labute approximate surface area is 112 Å². The number of nitrogens with two attached hydrogens (primary N) is 1. The van der Waals surface area contributed by atoms with Gasteiger partial charge in [-0.1, -0.05) is 6.07 Å². The van der Waals surface area contributed by atoms with Crippen molar-refractivity contribution in [1.29, 1.82) is 0 Å². The van der Waals surface area contributed by atoms with E-state index in [2.05, 4.69) is 20.8 Å². The molecule has 10 heteroatoms. The molecular formula is C10H11N7O3. The SMILES string of the molecule is Cn1ncnc1NC(=O)c1cccc([N+](=O)[O-])c1NN. The van der Waals surface area contributed by atoms with E-state index < -0.39 is 10.8 Å². The number of para-hydroxylation sites is 1. The molecule has 1 heterocycles. The summed E-state index contributed by atoms with van der Waals surface area (Å²) >= 11 is 0. The number of benzene rings is 1. The quantitative estimate of drug-likeness (QED) is 0.413. The van der Waals surface area contributed by atoms with E-state index in [4.69, 9.17) is 5.84 Å². The third-order valence-electron chi connectivity index (χ3n) is 2.56. The van der Waals surface area contributed by atoms with E-state index in [1.807, 2.05) is 0 Å². The van der Waals surface area contributed by atoms with Crippen LogP contribution >= 0.6 is 0 Å². The fourth-order valence-corrected chi connectivity index (χ4v) is 1.61. The number of carbonyl (C=O) groups excluding carboxylic acids is 1. The maximum Gasteiger partial charge on any atom is 0.294 e. The zero-order valence-corrected chi connectivity index (χ0v) is 10.4. The number of nitro groups is 1. The minimum Gasteiger partial charge on any atom is -0.318 e. The van der Waals surface area contributed by atoms with Gasteiger partial charge in [0.25, 0.3) is 11.6 Å². The van der Waals surface area contributed by atoms with Crippen molar-refractivity contribution in [2.24, 2.45) is 12.9 Å². The van der Waals surface area contributed by atoms with Gasteiger partial charge in [0.2, 0.25) is 5.95 Å². The molecule has 0 fully saturated rings. The van der Waals surface area contributed by atoms with E-state index >= 15 is 0 Å². The maximum atomic E-state index is 12.1. The standard InChI is InChI=1S/C10H11N7O3/c1-16-10(12-5-13-16)14-9(18)6-3-2-4-7(17(19)20)8(6)15-11/h2-5,15H,11H2,1H3,(H,12,13,14,18). The molecule has 0 aliphatic heterocycles. The molecule has 0 saturated heterocycles. The van der Waals surface area contributed by atoms with Gasteiger partial charge in [0.05, 0.1) is 10.5 Å². The Hall–Kier alpha value is -3.01. The van der Waals surface area contributed by atoms with Crippen LogP contribution in [0.15, 0.2) is 24.5 Å². The van der Waals surface area contributed by atoms with Crippen molar-refractivity contribution in [2.75, 3.05) is 10.7 Å². The number of anilines is 2. The molecule has 0 unspecified atom stereocenters. The molecule has 0 saturated carbocycles. The van der Waals surface area contributed by atoms with Gasteiger partial charge >= 0.3 is 0 Å². The monoisotopic (exact) mass is 277 g/mol. The normalized spacial score (nSPS) is 10.1. The van der Waals surface area contributed by atoms with E-state index in [1.54, 1.807) is 7.05 Å². The third-order valence-corrected chi connectivity index (χ3v) is 2.56. The van der Waals surface area contributed by atoms with Crippen molar-refractivity contribution in [3.8, 4) is 0 Å². The van der Waals surface area contributed by atoms with E-state index in [9.17, 15) is 14.9 Å². The predicted octanol–water partition coefficient (Wildman–Crippen LogP) is 0.261. The van der Waals surface area contributed by atoms with Crippen molar-refractivity contribution in [1.82, 2.24) is 14.8 Å². The van der Waals surface area contributed by atoms with E-state index in [0.717, 1.165) is 0 Å². The largest absolute Gasteiger partial charge is 0.318 e. The number of nitrogen functional groups attached to an aromatic ring is 1. The molecule has 2 rings (SSSR count). The number of hydrazine groups is 1. The molecule has 1 aromatic carbocycles. The summed E-state index contributed by atoms with van der Waals surface area (Å²) in [6.07, 6.45) is 1.27. The van der Waals surface area contributed by atoms with Gasteiger partial charge in [-0.3, -0.25) is 26.1 Å². The summed E-state index contributed by atoms with van der Waals surface area (Å²) in [6, 6.07) is 4.05. The number of nitrogens with one attached hydrogen (secondary N) is 2. The molecule has 0 aliphatic carbocycles. The highest BCUT2D eigenvalue weighted by Gasteiger charge is 2.21. The molecule has 10 nitrogen and oxygen atoms in total. The molecular weight excluding hydrogens is 266 g/mol. The first-order chi connectivity index (χ1) is 9.54. The van der Waals surface area contributed by atoms with Crippen molar-refractivity contribution in [2.45, 2.75) is 0 Å². The minimum absolute atomic E-state index is 0.0321. The summed E-state index contributed by atoms with van der Waals surface area (Å²) in [4.78, 5) is 26.2. The van der Waals surface area contributed by atoms with Crippen molar-refractivity contribution < 1.29 is 9.72 Å². The smallest absolute Gasteiger partial charge is 0.294 e. The summed E-state index contributed by atoms with van der Waals surface area (Å²) in [6.45, 7) is 0. The second-order valence-electron chi connectivity index (χ2n) is 3.76. The lowest BCUT2D eigenvalue weighted by Crippen LogP contribution is -2.20. The van der Waals surface area contributed by atoms with Gasteiger partial charge in [0.1, 0.15) is 12.0 Å². The van der Waals surface area contributed by atoms with Crippen molar-refractivity contribution >= 4 is 23.2 Å². The van der Waals surface area contributed by atoms with Crippen LogP contribution in [0.5, 0.6) is 0 Å². The second-order valence-corrected chi connectivity index (χ2v) is 3.76. The van der Waals surface area contributed by atoms with E-state index in [1.165, 1.54) is 29.2 Å². The van der Waals surface area contributed by atoms with Gasteiger partial charge in [0.15, 0.2) is 0 Å². The van der Waals surface area contributed by atoms with Crippen LogP contribution in [0.3, 0.4) is 0 Å². The molecule has 0 bridgehead atoms. The Balaban J connectivity index is 2.37. The lowest BCUT2D eigenvalue weighted by atomic mass is 10.1. The lowest BCUT2D eigenvalue weighted by molar-refractivity contribution is -0.384. The number of rotatable bonds is 4. The highest BCUT2D eigenvalue weighted by Crippen LogP contribution is 2.27. The first kappa shape index (κ1) is 13.4. The summed E-state index contributed by atoms with van der Waals surface area (Å²) in [5.74, 6) is 4.89. The highest BCUT2D eigenvalue weighted by molar-refractivity contribution is 6.08. The molecule has 20 heavy (non-hydrogen) atoms. The van der Waals surface area contributed by atoms with Crippen LogP contribution in [0, 0.1) is 10.1 Å². The first-order valence-electron chi connectivity index (χ1n) is 5.44. The van der Waals surface area contributed by atoms with Gasteiger partial charge in [0, 0.05) is 13.1 Å². The first-order valence-corrected chi connectivity index (χ1v) is 5.44. The van der Waals surface area contributed by atoms with Crippen LogP contribution in [0.1, 0.15) is 10.4 Å². The second kappa shape index (κ2) is 5.32. The fraction of sp³-hybridized carbons (Fsp3) is 0.100. The van der Waals surface area contributed by atoms with Gasteiger partial charge in [-0.05, 0) is 6.07 Å². The zero-order chi connectivity index (χ0) is 14.7. The molecule has 0 aliphatic rings. The fourth-order valence-electron chi connectivity index (χ4n) is 1.61. The predicted molar refractivity (Wildman–Crippen MR) is 69.9 cm³/mol. The van der Waals surface area contributed by atoms with Crippen LogP contribution in [-0.4, -0.2) is 25.6 Å². The molecule has 0 atom stereocenters. The molecule has 1 amide bonds. The number of nitrogens with zero attached hydrogens (tertiary/aromatic N) is 4. The Morgan fingerprint density at radius 2 is 2.25 bits per heavy atom. The molecule has 1 aromatic heterocycles. The number of nitro benzene ring substituents is 1. The molecule has 0 radical (unpaired) electrons. The topological polar surface area (TPSA) is 141 Å².